The van der Waals surface area contributed by atoms with Crippen molar-refractivity contribution in [3.05, 3.63) is 35.4 Å². The van der Waals surface area contributed by atoms with Crippen molar-refractivity contribution in [1.82, 2.24) is 0 Å². The third-order valence-corrected chi connectivity index (χ3v) is 3.70. The van der Waals surface area contributed by atoms with E-state index < -0.39 is 22.9 Å². The fraction of sp³-hybridized carbons (Fsp3) is 0.286. The molecule has 4 heteroatoms. The maximum absolute atomic E-state index is 12.1. The Morgan fingerprint density at radius 3 is 2.33 bits per heavy atom. The van der Waals surface area contributed by atoms with Gasteiger partial charge in [0.1, 0.15) is 0 Å². The van der Waals surface area contributed by atoms with Crippen LogP contribution in [0.5, 0.6) is 0 Å². The highest BCUT2D eigenvalue weighted by Gasteiger charge is 2.54. The minimum Gasteiger partial charge on any atom is -0.290 e. The van der Waals surface area contributed by atoms with Crippen LogP contribution in [0, 0.1) is 11.3 Å². The molecule has 1 unspecified atom stereocenters. The van der Waals surface area contributed by atoms with Gasteiger partial charge in [-0.25, -0.2) is 4.99 Å². The van der Waals surface area contributed by atoms with Crippen molar-refractivity contribution in [2.75, 3.05) is 0 Å². The van der Waals surface area contributed by atoms with Gasteiger partial charge in [0, 0.05) is 11.1 Å². The molecule has 1 aromatic rings. The zero-order chi connectivity index (χ0) is 13.1. The first kappa shape index (κ1) is 11.0. The number of carbonyl (C=O) groups is 3. The molecule has 0 bridgehead atoms. The smallest absolute Gasteiger partial charge is 0.252 e. The van der Waals surface area contributed by atoms with Gasteiger partial charge in [-0.2, -0.15) is 0 Å². The van der Waals surface area contributed by atoms with E-state index in [0.29, 0.717) is 16.8 Å². The number of carbonyl (C=O) groups excluding carboxylic acids is 3. The maximum atomic E-state index is 12.1. The first-order valence-corrected chi connectivity index (χ1v) is 5.75. The summed E-state index contributed by atoms with van der Waals surface area (Å²) in [4.78, 5) is 40.1. The summed E-state index contributed by atoms with van der Waals surface area (Å²) >= 11 is 0. The molecule has 3 rings (SSSR count). The maximum Gasteiger partial charge on any atom is 0.252 e. The van der Waals surface area contributed by atoms with Crippen LogP contribution < -0.4 is 0 Å². The van der Waals surface area contributed by atoms with Gasteiger partial charge in [0.25, 0.3) is 5.91 Å². The molecule has 1 aliphatic carbocycles. The number of amides is 1. The van der Waals surface area contributed by atoms with E-state index in [-0.39, 0.29) is 5.91 Å². The van der Waals surface area contributed by atoms with E-state index in [9.17, 15) is 14.4 Å². The number of Topliss-reactive ketones (excluding diaryl/α,β-unsaturated/α-hetero) is 2. The number of aliphatic imine (C=N–C) groups is 1. The van der Waals surface area contributed by atoms with Gasteiger partial charge in [0.15, 0.2) is 0 Å². The van der Waals surface area contributed by atoms with E-state index in [0.717, 1.165) is 0 Å². The molecule has 1 heterocycles. The Balaban J connectivity index is 2.31. The van der Waals surface area contributed by atoms with Gasteiger partial charge in [-0.3, -0.25) is 14.4 Å². The molecular weight excluding hydrogens is 230 g/mol. The summed E-state index contributed by atoms with van der Waals surface area (Å²) in [6.45, 7) is 3.32. The molecule has 1 aromatic carbocycles. The van der Waals surface area contributed by atoms with Crippen molar-refractivity contribution in [1.29, 1.82) is 0 Å². The zero-order valence-corrected chi connectivity index (χ0v) is 10.1. The monoisotopic (exact) mass is 241 g/mol. The summed E-state index contributed by atoms with van der Waals surface area (Å²) in [5.41, 5.74) is 0.495. The second-order valence-corrected chi connectivity index (χ2v) is 5.20. The van der Waals surface area contributed by atoms with E-state index in [1.54, 1.807) is 38.1 Å². The van der Waals surface area contributed by atoms with Crippen LogP contribution in [0.2, 0.25) is 0 Å². The van der Waals surface area contributed by atoms with Crippen molar-refractivity contribution >= 4 is 23.2 Å². The molecular formula is C14H11NO3. The van der Waals surface area contributed by atoms with Crippen molar-refractivity contribution < 1.29 is 14.4 Å². The summed E-state index contributed by atoms with van der Waals surface area (Å²) in [7, 11) is 0. The summed E-state index contributed by atoms with van der Waals surface area (Å²) in [6.07, 6.45) is 0. The quantitative estimate of drug-likeness (QED) is 0.645. The van der Waals surface area contributed by atoms with Crippen LogP contribution >= 0.6 is 0 Å². The fourth-order valence-electron chi connectivity index (χ4n) is 2.62. The molecule has 0 fully saturated rings. The Bertz CT molecular complexity index is 640. The third kappa shape index (κ3) is 1.15. The van der Waals surface area contributed by atoms with Crippen LogP contribution in [0.4, 0.5) is 0 Å². The Kier molecular flexibility index (Phi) is 1.97. The summed E-state index contributed by atoms with van der Waals surface area (Å²) < 4.78 is 0. The fourth-order valence-corrected chi connectivity index (χ4v) is 2.62. The van der Waals surface area contributed by atoms with E-state index >= 15 is 0 Å². The highest BCUT2D eigenvalue weighted by molar-refractivity contribution is 6.54. The van der Waals surface area contributed by atoms with Gasteiger partial charge in [-0.15, -0.1) is 0 Å². The van der Waals surface area contributed by atoms with Gasteiger partial charge in [0.2, 0.25) is 11.6 Å². The van der Waals surface area contributed by atoms with Crippen molar-refractivity contribution in [3.63, 3.8) is 0 Å². The lowest BCUT2D eigenvalue weighted by molar-refractivity contribution is -0.130. The third-order valence-electron chi connectivity index (χ3n) is 3.70. The molecule has 1 amide bonds. The SMILES string of the molecule is CC1(C)C(=O)N=C2c3ccccc3C(=O)C(=O)C21. The average molecular weight is 241 g/mol. The molecule has 18 heavy (non-hydrogen) atoms. The summed E-state index contributed by atoms with van der Waals surface area (Å²) in [5.74, 6) is -2.10. The van der Waals surface area contributed by atoms with Gasteiger partial charge < -0.3 is 0 Å². The number of ketones is 2. The Labute approximate surface area is 104 Å². The highest BCUT2D eigenvalue weighted by atomic mass is 16.2. The molecule has 90 valence electrons. The topological polar surface area (TPSA) is 63.6 Å². The van der Waals surface area contributed by atoms with Crippen LogP contribution in [0.3, 0.4) is 0 Å². The standard InChI is InChI=1S/C14H11NO3/c1-14(2)9-10(15-13(14)18)7-5-3-4-6-8(7)11(16)12(9)17/h3-6,9H,1-2H3. The van der Waals surface area contributed by atoms with Gasteiger partial charge in [-0.05, 0) is 13.8 Å². The predicted octanol–water partition coefficient (Wildman–Crippen LogP) is 1.42. The summed E-state index contributed by atoms with van der Waals surface area (Å²) in [5, 5.41) is 0. The van der Waals surface area contributed by atoms with E-state index in [4.69, 9.17) is 0 Å². The second kappa shape index (κ2) is 3.22. The molecule has 2 aliphatic rings. The van der Waals surface area contributed by atoms with Crippen LogP contribution in [-0.4, -0.2) is 23.2 Å². The molecule has 1 aliphatic heterocycles. The molecule has 0 spiro atoms. The number of fused-ring (bicyclic) bond motifs is 3. The van der Waals surface area contributed by atoms with Crippen molar-refractivity contribution in [3.8, 4) is 0 Å². The number of nitrogens with zero attached hydrogens (tertiary/aromatic N) is 1. The molecule has 0 N–H and O–H groups in total. The number of hydrogen-bond donors (Lipinski definition) is 0. The largest absolute Gasteiger partial charge is 0.290 e. The Morgan fingerprint density at radius 2 is 1.67 bits per heavy atom. The van der Waals surface area contributed by atoms with Gasteiger partial charge in [0.05, 0.1) is 17.0 Å². The molecule has 1 atom stereocenters. The average Bonchev–Trinajstić information content (AvgIpc) is 2.58. The number of rotatable bonds is 0. The van der Waals surface area contributed by atoms with Crippen LogP contribution in [0.1, 0.15) is 29.8 Å². The number of benzene rings is 1. The van der Waals surface area contributed by atoms with Crippen molar-refractivity contribution in [2.45, 2.75) is 13.8 Å². The first-order valence-electron chi connectivity index (χ1n) is 5.75. The molecule has 0 saturated heterocycles. The van der Waals surface area contributed by atoms with Crippen LogP contribution in [0.15, 0.2) is 29.3 Å². The van der Waals surface area contributed by atoms with Crippen LogP contribution in [-0.2, 0) is 9.59 Å². The molecule has 4 nitrogen and oxygen atoms in total. The van der Waals surface area contributed by atoms with Gasteiger partial charge in [-0.1, -0.05) is 24.3 Å². The second-order valence-electron chi connectivity index (χ2n) is 5.20. The molecule has 0 radical (unpaired) electrons. The highest BCUT2D eigenvalue weighted by Crippen LogP contribution is 2.41. The zero-order valence-electron chi connectivity index (χ0n) is 10.1. The lowest BCUT2D eigenvalue weighted by Crippen LogP contribution is -2.43. The summed E-state index contributed by atoms with van der Waals surface area (Å²) in [6, 6.07) is 6.81. The Hall–Kier alpha value is -2.10. The lowest BCUT2D eigenvalue weighted by Gasteiger charge is -2.28. The molecule has 0 saturated carbocycles. The van der Waals surface area contributed by atoms with Crippen LogP contribution in [0.25, 0.3) is 0 Å². The van der Waals surface area contributed by atoms with E-state index in [2.05, 4.69) is 4.99 Å². The normalized spacial score (nSPS) is 24.7. The Morgan fingerprint density at radius 1 is 1.06 bits per heavy atom. The minimum atomic E-state index is -0.921. The minimum absolute atomic E-state index is 0.333. The van der Waals surface area contributed by atoms with E-state index in [1.165, 1.54) is 0 Å². The predicted molar refractivity (Wildman–Crippen MR) is 64.6 cm³/mol. The lowest BCUT2D eigenvalue weighted by atomic mass is 9.69. The molecule has 0 aromatic heterocycles. The first-order chi connectivity index (χ1) is 8.44. The van der Waals surface area contributed by atoms with E-state index in [1.807, 2.05) is 0 Å². The van der Waals surface area contributed by atoms with Gasteiger partial charge >= 0.3 is 0 Å². The van der Waals surface area contributed by atoms with Crippen molar-refractivity contribution in [2.24, 2.45) is 16.3 Å². The number of hydrogen-bond acceptors (Lipinski definition) is 3.